The van der Waals surface area contributed by atoms with Crippen LogP contribution in [-0.4, -0.2) is 96.0 Å². The largest absolute Gasteiger partial charge is 0.361 e. The fraction of sp³-hybridized carbons (Fsp3) is 0.564. The fourth-order valence-corrected chi connectivity index (χ4v) is 9.19. The summed E-state index contributed by atoms with van der Waals surface area (Å²) in [6.07, 6.45) is 9.76. The number of anilines is 1. The normalized spacial score (nSPS) is 25.0. The van der Waals surface area contributed by atoms with Gasteiger partial charge in [-0.1, -0.05) is 24.3 Å². The van der Waals surface area contributed by atoms with E-state index in [4.69, 9.17) is 0 Å². The number of amides is 4. The first-order chi connectivity index (χ1) is 23.3. The van der Waals surface area contributed by atoms with Crippen LogP contribution in [0.2, 0.25) is 0 Å². The molecule has 4 aliphatic rings. The Morgan fingerprint density at radius 3 is 2.44 bits per heavy atom. The van der Waals surface area contributed by atoms with Crippen molar-refractivity contribution < 1.29 is 18.9 Å². The maximum Gasteiger partial charge on any atom is 0.322 e. The molecule has 3 fully saturated rings. The molecule has 5 heterocycles. The lowest BCUT2D eigenvalue weighted by Gasteiger charge is -2.43. The number of likely N-dealkylation sites (tertiary alicyclic amines) is 2. The Bertz CT molecular complexity index is 1630. The van der Waals surface area contributed by atoms with Gasteiger partial charge in [-0.05, 0) is 111 Å². The minimum atomic E-state index is -0.374. The summed E-state index contributed by atoms with van der Waals surface area (Å²) < 4.78 is 0.430. The molecule has 3 aromatic rings. The molecular formula is C39H53N6O3+. The van der Waals surface area contributed by atoms with E-state index in [-0.39, 0.29) is 36.2 Å². The Labute approximate surface area is 285 Å². The first-order valence-electron chi connectivity index (χ1n) is 18.4. The summed E-state index contributed by atoms with van der Waals surface area (Å²) in [4.78, 5) is 49.0. The van der Waals surface area contributed by atoms with Gasteiger partial charge < -0.3 is 25.4 Å². The highest BCUT2D eigenvalue weighted by Crippen LogP contribution is 2.35. The fourth-order valence-electron chi connectivity index (χ4n) is 9.19. The van der Waals surface area contributed by atoms with E-state index in [1.165, 1.54) is 12.8 Å². The zero-order valence-corrected chi connectivity index (χ0v) is 28.8. The van der Waals surface area contributed by atoms with E-state index in [1.54, 1.807) is 0 Å². The van der Waals surface area contributed by atoms with Crippen molar-refractivity contribution in [2.75, 3.05) is 58.2 Å². The number of H-pyrrole nitrogens is 1. The van der Waals surface area contributed by atoms with Gasteiger partial charge >= 0.3 is 11.9 Å². The molecule has 48 heavy (non-hydrogen) atoms. The van der Waals surface area contributed by atoms with E-state index in [0.717, 1.165) is 97.5 Å². The standard InChI is InChI=1S/C39H52N6O3/c1-27-23-28(24-32-9-17-41-37(27)32)25-33(38(47)45(2)21-13-30(14-22-45)29-7-15-40-16-8-29)26-36(46)43-18-11-34(12-19-43)44-20-10-31-5-3-4-6-35(31)42-39(44)48/h3-6,9,17,23-24,29-30,33-34,40-41H,7-8,10-16,18-22,25-26H2,1-2H3/p+1. The number of quaternary nitrogens is 1. The molecule has 2 aromatic carbocycles. The number of urea groups is 1. The highest BCUT2D eigenvalue weighted by molar-refractivity contribution is 5.91. The molecular weight excluding hydrogens is 600 g/mol. The maximum absolute atomic E-state index is 14.6. The number of hydrogen-bond donors (Lipinski definition) is 3. The van der Waals surface area contributed by atoms with Crippen molar-refractivity contribution in [1.29, 1.82) is 0 Å². The molecule has 256 valence electrons. The molecule has 0 saturated carbocycles. The Hall–Kier alpha value is -3.69. The molecule has 1 aromatic heterocycles. The van der Waals surface area contributed by atoms with Crippen LogP contribution in [0, 0.1) is 24.7 Å². The monoisotopic (exact) mass is 653 g/mol. The summed E-state index contributed by atoms with van der Waals surface area (Å²) in [5.41, 5.74) is 5.46. The van der Waals surface area contributed by atoms with Crippen molar-refractivity contribution in [2.45, 2.75) is 70.8 Å². The number of rotatable bonds is 7. The molecule has 0 bridgehead atoms. The molecule has 4 amide bonds. The van der Waals surface area contributed by atoms with Crippen LogP contribution >= 0.6 is 0 Å². The summed E-state index contributed by atoms with van der Waals surface area (Å²) >= 11 is 0. The predicted octanol–water partition coefficient (Wildman–Crippen LogP) is 5.49. The van der Waals surface area contributed by atoms with Gasteiger partial charge in [0.05, 0.1) is 26.1 Å². The summed E-state index contributed by atoms with van der Waals surface area (Å²) in [5.74, 6) is 1.37. The van der Waals surface area contributed by atoms with Gasteiger partial charge in [-0.3, -0.25) is 9.28 Å². The molecule has 3 N–H and O–H groups in total. The van der Waals surface area contributed by atoms with Gasteiger partial charge in [-0.15, -0.1) is 0 Å². The SMILES string of the molecule is Cc1cc(CC(CC(=O)N2CCC(N3CCc4ccccc4NC3=O)CC2)C(=O)[N+]2(C)CCC(C3CCNCC3)CC2)cc2cc[nH]c12. The molecule has 3 saturated heterocycles. The van der Waals surface area contributed by atoms with Crippen LogP contribution in [-0.2, 0) is 22.4 Å². The lowest BCUT2D eigenvalue weighted by atomic mass is 9.78. The van der Waals surface area contributed by atoms with Gasteiger partial charge in [-0.2, -0.15) is 0 Å². The van der Waals surface area contributed by atoms with E-state index in [0.29, 0.717) is 36.5 Å². The number of fused-ring (bicyclic) bond motifs is 2. The van der Waals surface area contributed by atoms with Gasteiger partial charge in [0.15, 0.2) is 0 Å². The van der Waals surface area contributed by atoms with Crippen LogP contribution in [0.3, 0.4) is 0 Å². The van der Waals surface area contributed by atoms with Crippen LogP contribution in [0.4, 0.5) is 10.5 Å². The topological polar surface area (TPSA) is 97.5 Å². The van der Waals surface area contributed by atoms with E-state index in [2.05, 4.69) is 53.9 Å². The number of hydrogen-bond acceptors (Lipinski definition) is 4. The molecule has 9 nitrogen and oxygen atoms in total. The van der Waals surface area contributed by atoms with Crippen molar-refractivity contribution in [3.8, 4) is 0 Å². The summed E-state index contributed by atoms with van der Waals surface area (Å²) in [5, 5.41) is 7.74. The number of piperidine rings is 3. The van der Waals surface area contributed by atoms with E-state index < -0.39 is 0 Å². The third kappa shape index (κ3) is 6.90. The Morgan fingerprint density at radius 2 is 1.67 bits per heavy atom. The number of benzene rings is 2. The van der Waals surface area contributed by atoms with Gasteiger partial charge in [0.25, 0.3) is 0 Å². The van der Waals surface area contributed by atoms with E-state index in [9.17, 15) is 14.4 Å². The van der Waals surface area contributed by atoms with Crippen molar-refractivity contribution >= 4 is 34.4 Å². The highest BCUT2D eigenvalue weighted by atomic mass is 16.2. The highest BCUT2D eigenvalue weighted by Gasteiger charge is 2.44. The number of aromatic amines is 1. The Balaban J connectivity index is 1.02. The number of aromatic nitrogens is 1. The Morgan fingerprint density at radius 1 is 0.938 bits per heavy atom. The molecule has 0 aliphatic carbocycles. The molecule has 4 aliphatic heterocycles. The summed E-state index contributed by atoms with van der Waals surface area (Å²) in [6, 6.07) is 14.5. The number of carbonyl (C=O) groups is 3. The average Bonchev–Trinajstić information content (AvgIpc) is 3.52. The number of aryl methyl sites for hydroxylation is 1. The van der Waals surface area contributed by atoms with Crippen LogP contribution in [0.25, 0.3) is 10.9 Å². The van der Waals surface area contributed by atoms with Crippen molar-refractivity contribution in [2.24, 2.45) is 17.8 Å². The zero-order chi connectivity index (χ0) is 33.3. The predicted molar refractivity (Wildman–Crippen MR) is 190 cm³/mol. The second-order valence-corrected chi connectivity index (χ2v) is 15.2. The van der Waals surface area contributed by atoms with E-state index in [1.807, 2.05) is 34.2 Å². The minimum absolute atomic E-state index is 0.0500. The quantitative estimate of drug-likeness (QED) is 0.294. The zero-order valence-electron chi connectivity index (χ0n) is 28.8. The lowest BCUT2D eigenvalue weighted by molar-refractivity contribution is -0.843. The third-order valence-electron chi connectivity index (χ3n) is 12.1. The summed E-state index contributed by atoms with van der Waals surface area (Å²) in [7, 11) is 2.12. The maximum atomic E-state index is 14.6. The molecule has 1 unspecified atom stereocenters. The van der Waals surface area contributed by atoms with Gasteiger partial charge in [-0.25, -0.2) is 9.59 Å². The number of carbonyl (C=O) groups excluding carboxylic acids is 3. The second-order valence-electron chi connectivity index (χ2n) is 15.2. The van der Waals surface area contributed by atoms with Crippen LogP contribution in [0.15, 0.2) is 48.7 Å². The first kappa shape index (κ1) is 32.8. The molecule has 0 radical (unpaired) electrons. The van der Waals surface area contributed by atoms with Crippen LogP contribution in [0.5, 0.6) is 0 Å². The van der Waals surface area contributed by atoms with Crippen LogP contribution < -0.4 is 10.6 Å². The van der Waals surface area contributed by atoms with Gasteiger partial charge in [0.2, 0.25) is 5.91 Å². The Kier molecular flexibility index (Phi) is 9.61. The smallest absolute Gasteiger partial charge is 0.322 e. The average molecular weight is 654 g/mol. The summed E-state index contributed by atoms with van der Waals surface area (Å²) in [6.45, 7) is 7.95. The van der Waals surface area contributed by atoms with Crippen molar-refractivity contribution in [1.82, 2.24) is 20.1 Å². The van der Waals surface area contributed by atoms with Crippen molar-refractivity contribution in [3.63, 3.8) is 0 Å². The number of nitrogens with one attached hydrogen (secondary N) is 3. The number of para-hydroxylation sites is 1. The van der Waals surface area contributed by atoms with Crippen LogP contribution in [0.1, 0.15) is 61.6 Å². The third-order valence-corrected chi connectivity index (χ3v) is 12.1. The number of nitrogens with zero attached hydrogens (tertiary/aromatic N) is 3. The van der Waals surface area contributed by atoms with Gasteiger partial charge in [0, 0.05) is 62.3 Å². The van der Waals surface area contributed by atoms with E-state index >= 15 is 0 Å². The lowest BCUT2D eigenvalue weighted by Crippen LogP contribution is -2.58. The molecule has 1 atom stereocenters. The van der Waals surface area contributed by atoms with Crippen molar-refractivity contribution in [3.05, 3.63) is 65.4 Å². The molecule has 9 heteroatoms. The molecule has 7 rings (SSSR count). The molecule has 0 spiro atoms. The minimum Gasteiger partial charge on any atom is -0.361 e. The van der Waals surface area contributed by atoms with Gasteiger partial charge in [0.1, 0.15) is 0 Å². The first-order valence-corrected chi connectivity index (χ1v) is 18.4. The second kappa shape index (κ2) is 14.0.